The number of hydrazine groups is 1. The second kappa shape index (κ2) is 6.70. The molecule has 0 saturated heterocycles. The summed E-state index contributed by atoms with van der Waals surface area (Å²) in [6.07, 6.45) is 8.04. The Bertz CT molecular complexity index is 422. The molecule has 1 saturated carbocycles. The van der Waals surface area contributed by atoms with Crippen molar-refractivity contribution in [2.75, 3.05) is 7.11 Å². The maximum atomic E-state index is 5.96. The molecule has 0 spiro atoms. The number of nitrogens with zero attached hydrogens (tertiary/aromatic N) is 2. The number of aryl methyl sites for hydroxylation is 2. The van der Waals surface area contributed by atoms with Crippen LogP contribution in [-0.4, -0.2) is 28.5 Å². The lowest BCUT2D eigenvalue weighted by molar-refractivity contribution is -0.0530. The van der Waals surface area contributed by atoms with Gasteiger partial charge in [0.2, 0.25) is 0 Å². The first-order chi connectivity index (χ1) is 9.61. The Hall–Kier alpha value is -0.910. The summed E-state index contributed by atoms with van der Waals surface area (Å²) in [5, 5.41) is 4.42. The highest BCUT2D eigenvalue weighted by Crippen LogP contribution is 2.34. The third-order valence-corrected chi connectivity index (χ3v) is 4.70. The van der Waals surface area contributed by atoms with E-state index in [4.69, 9.17) is 10.6 Å². The van der Waals surface area contributed by atoms with Crippen molar-refractivity contribution in [2.24, 2.45) is 12.9 Å². The van der Waals surface area contributed by atoms with Crippen molar-refractivity contribution >= 4 is 0 Å². The van der Waals surface area contributed by atoms with Crippen molar-refractivity contribution in [1.82, 2.24) is 15.2 Å². The molecule has 0 radical (unpaired) electrons. The Kier molecular flexibility index (Phi) is 5.18. The predicted molar refractivity (Wildman–Crippen MR) is 80.2 cm³/mol. The van der Waals surface area contributed by atoms with Gasteiger partial charge in [0, 0.05) is 26.3 Å². The fourth-order valence-electron chi connectivity index (χ4n) is 3.48. The van der Waals surface area contributed by atoms with E-state index in [1.54, 1.807) is 0 Å². The molecule has 1 atom stereocenters. The zero-order chi connectivity index (χ0) is 14.6. The molecule has 0 amide bonds. The summed E-state index contributed by atoms with van der Waals surface area (Å²) < 4.78 is 7.90. The molecule has 20 heavy (non-hydrogen) atoms. The Balaban J connectivity index is 2.18. The predicted octanol–water partition coefficient (Wildman–Crippen LogP) is 1.84. The minimum atomic E-state index is -0.149. The van der Waals surface area contributed by atoms with E-state index < -0.39 is 0 Å². The van der Waals surface area contributed by atoms with Crippen LogP contribution in [0.3, 0.4) is 0 Å². The van der Waals surface area contributed by atoms with Crippen molar-refractivity contribution in [1.29, 1.82) is 0 Å². The monoisotopic (exact) mass is 280 g/mol. The lowest BCUT2D eigenvalue weighted by Gasteiger charge is -2.39. The van der Waals surface area contributed by atoms with E-state index in [1.165, 1.54) is 31.4 Å². The van der Waals surface area contributed by atoms with Crippen LogP contribution in [0.4, 0.5) is 0 Å². The maximum Gasteiger partial charge on any atom is 0.0848 e. The van der Waals surface area contributed by atoms with Gasteiger partial charge < -0.3 is 4.74 Å². The fraction of sp³-hybridized carbons (Fsp3) is 0.800. The summed E-state index contributed by atoms with van der Waals surface area (Å²) >= 11 is 0. The normalized spacial score (nSPS) is 20.6. The molecule has 5 heteroatoms. The quantitative estimate of drug-likeness (QED) is 0.491. The van der Waals surface area contributed by atoms with Crippen molar-refractivity contribution < 1.29 is 4.74 Å². The molecular formula is C15H28N4O. The standard InChI is InChI=1S/C15H28N4O/c1-12-10-13(19(2)18-12)11-14(17-16)15(20-3)8-6-4-5-7-9-15/h10,14,17H,4-9,11,16H2,1-3H3. The zero-order valence-corrected chi connectivity index (χ0v) is 13.0. The number of rotatable bonds is 5. The van der Waals surface area contributed by atoms with Crippen LogP contribution in [0.25, 0.3) is 0 Å². The SMILES string of the molecule is COC1(C(Cc2cc(C)nn2C)NN)CCCCCC1. The molecule has 2 rings (SSSR count). The van der Waals surface area contributed by atoms with Crippen LogP contribution in [0.5, 0.6) is 0 Å². The van der Waals surface area contributed by atoms with Gasteiger partial charge in [-0.2, -0.15) is 5.10 Å². The van der Waals surface area contributed by atoms with Crippen LogP contribution < -0.4 is 11.3 Å². The molecule has 5 nitrogen and oxygen atoms in total. The molecule has 1 fully saturated rings. The summed E-state index contributed by atoms with van der Waals surface area (Å²) in [6.45, 7) is 2.02. The molecular weight excluding hydrogens is 252 g/mol. The molecule has 1 aliphatic carbocycles. The molecule has 1 aromatic rings. The molecule has 1 heterocycles. The minimum absolute atomic E-state index is 0.125. The van der Waals surface area contributed by atoms with Gasteiger partial charge in [0.15, 0.2) is 0 Å². The molecule has 1 aromatic heterocycles. The molecule has 1 aliphatic rings. The lowest BCUT2D eigenvalue weighted by Crippen LogP contribution is -2.55. The first-order valence-corrected chi connectivity index (χ1v) is 7.62. The topological polar surface area (TPSA) is 65.1 Å². The number of ether oxygens (including phenoxy) is 1. The summed E-state index contributed by atoms with van der Waals surface area (Å²) in [7, 11) is 3.81. The van der Waals surface area contributed by atoms with Crippen molar-refractivity contribution in [3.63, 3.8) is 0 Å². The molecule has 3 N–H and O–H groups in total. The second-order valence-corrected chi connectivity index (χ2v) is 6.01. The van der Waals surface area contributed by atoms with Gasteiger partial charge >= 0.3 is 0 Å². The number of aromatic nitrogens is 2. The summed E-state index contributed by atoms with van der Waals surface area (Å²) in [5.41, 5.74) is 5.11. The Morgan fingerprint density at radius 3 is 2.50 bits per heavy atom. The summed E-state index contributed by atoms with van der Waals surface area (Å²) in [5.74, 6) is 5.86. The van der Waals surface area contributed by atoms with E-state index in [-0.39, 0.29) is 11.6 Å². The van der Waals surface area contributed by atoms with Gasteiger partial charge in [-0.05, 0) is 25.8 Å². The van der Waals surface area contributed by atoms with E-state index in [1.807, 2.05) is 25.8 Å². The van der Waals surface area contributed by atoms with Crippen LogP contribution in [0.1, 0.15) is 49.9 Å². The number of nitrogens with two attached hydrogens (primary N) is 1. The van der Waals surface area contributed by atoms with Crippen molar-refractivity contribution in [2.45, 2.75) is 63.5 Å². The average Bonchev–Trinajstić information content (AvgIpc) is 2.66. The number of methoxy groups -OCH3 is 1. The highest BCUT2D eigenvalue weighted by Gasteiger charge is 2.39. The Morgan fingerprint density at radius 1 is 1.40 bits per heavy atom. The van der Waals surface area contributed by atoms with Gasteiger partial charge in [-0.15, -0.1) is 0 Å². The van der Waals surface area contributed by atoms with Crippen LogP contribution in [-0.2, 0) is 18.2 Å². The van der Waals surface area contributed by atoms with Crippen LogP contribution in [0.15, 0.2) is 6.07 Å². The van der Waals surface area contributed by atoms with E-state index in [0.29, 0.717) is 0 Å². The smallest absolute Gasteiger partial charge is 0.0848 e. The van der Waals surface area contributed by atoms with Gasteiger partial charge in [-0.3, -0.25) is 16.0 Å². The van der Waals surface area contributed by atoms with Gasteiger partial charge in [-0.1, -0.05) is 25.7 Å². The maximum absolute atomic E-state index is 5.96. The average molecular weight is 280 g/mol. The number of hydrogen-bond donors (Lipinski definition) is 2. The lowest BCUT2D eigenvalue weighted by atomic mass is 9.84. The zero-order valence-electron chi connectivity index (χ0n) is 13.0. The van der Waals surface area contributed by atoms with E-state index in [0.717, 1.165) is 25.0 Å². The number of nitrogens with one attached hydrogen (secondary N) is 1. The van der Waals surface area contributed by atoms with Crippen LogP contribution in [0, 0.1) is 6.92 Å². The van der Waals surface area contributed by atoms with Crippen LogP contribution >= 0.6 is 0 Å². The molecule has 0 aliphatic heterocycles. The summed E-state index contributed by atoms with van der Waals surface area (Å²) in [6, 6.07) is 2.25. The van der Waals surface area contributed by atoms with Crippen molar-refractivity contribution in [3.05, 3.63) is 17.5 Å². The largest absolute Gasteiger partial charge is 0.377 e. The van der Waals surface area contributed by atoms with Crippen LogP contribution in [0.2, 0.25) is 0 Å². The third-order valence-electron chi connectivity index (χ3n) is 4.70. The second-order valence-electron chi connectivity index (χ2n) is 6.01. The molecule has 0 bridgehead atoms. The first-order valence-electron chi connectivity index (χ1n) is 7.62. The molecule has 0 aromatic carbocycles. The summed E-state index contributed by atoms with van der Waals surface area (Å²) in [4.78, 5) is 0. The van der Waals surface area contributed by atoms with Gasteiger partial charge in [0.05, 0.1) is 17.3 Å². The molecule has 1 unspecified atom stereocenters. The number of hydrogen-bond acceptors (Lipinski definition) is 4. The highest BCUT2D eigenvalue weighted by molar-refractivity contribution is 5.12. The Morgan fingerprint density at radius 2 is 2.05 bits per heavy atom. The van der Waals surface area contributed by atoms with Crippen molar-refractivity contribution in [3.8, 4) is 0 Å². The highest BCUT2D eigenvalue weighted by atomic mass is 16.5. The third kappa shape index (κ3) is 3.22. The van der Waals surface area contributed by atoms with E-state index >= 15 is 0 Å². The minimum Gasteiger partial charge on any atom is -0.377 e. The van der Waals surface area contributed by atoms with Gasteiger partial charge in [0.1, 0.15) is 0 Å². The van der Waals surface area contributed by atoms with E-state index in [2.05, 4.69) is 16.6 Å². The van der Waals surface area contributed by atoms with E-state index in [9.17, 15) is 0 Å². The van der Waals surface area contributed by atoms with Gasteiger partial charge in [-0.25, -0.2) is 0 Å². The first kappa shape index (κ1) is 15.5. The molecule has 114 valence electrons. The fourth-order valence-corrected chi connectivity index (χ4v) is 3.48. The van der Waals surface area contributed by atoms with Gasteiger partial charge in [0.25, 0.3) is 0 Å². The Labute approximate surface area is 121 Å².